The van der Waals surface area contributed by atoms with Gasteiger partial charge < -0.3 is 15.5 Å². The van der Waals surface area contributed by atoms with Crippen LogP contribution in [0.15, 0.2) is 36.4 Å². The van der Waals surface area contributed by atoms with Crippen LogP contribution in [0.25, 0.3) is 0 Å². The molecule has 6 heteroatoms. The van der Waals surface area contributed by atoms with E-state index in [0.717, 1.165) is 24.6 Å². The Balaban J connectivity index is 1.64. The Bertz CT molecular complexity index is 739. The van der Waals surface area contributed by atoms with Crippen LogP contribution in [-0.2, 0) is 6.54 Å². The predicted octanol–water partition coefficient (Wildman–Crippen LogP) is 3.75. The molecule has 0 bridgehead atoms. The molecule has 1 aromatic carbocycles. The van der Waals surface area contributed by atoms with Crippen molar-refractivity contribution < 1.29 is 0 Å². The zero-order valence-corrected chi connectivity index (χ0v) is 16.5. The highest BCUT2D eigenvalue weighted by Crippen LogP contribution is 2.25. The summed E-state index contributed by atoms with van der Waals surface area (Å²) in [4.78, 5) is 11.5. The smallest absolute Gasteiger partial charge is 0.231 e. The van der Waals surface area contributed by atoms with Crippen molar-refractivity contribution in [3.63, 3.8) is 0 Å². The third kappa shape index (κ3) is 5.14. The zero-order chi connectivity index (χ0) is 18.5. The lowest BCUT2D eigenvalue weighted by Crippen LogP contribution is -2.39. The number of aromatic nitrogens is 2. The van der Waals surface area contributed by atoms with Crippen LogP contribution >= 0.6 is 12.2 Å². The van der Waals surface area contributed by atoms with Gasteiger partial charge in [0.05, 0.1) is 0 Å². The summed E-state index contributed by atoms with van der Waals surface area (Å²) in [5.41, 5.74) is 2.12. The van der Waals surface area contributed by atoms with Gasteiger partial charge in [0.15, 0.2) is 5.11 Å². The van der Waals surface area contributed by atoms with E-state index in [1.165, 1.54) is 12.0 Å². The molecule has 2 heterocycles. The van der Waals surface area contributed by atoms with Crippen LogP contribution in [0.5, 0.6) is 0 Å². The van der Waals surface area contributed by atoms with Gasteiger partial charge in [-0.2, -0.15) is 4.98 Å². The van der Waals surface area contributed by atoms with Crippen molar-refractivity contribution in [2.45, 2.75) is 33.7 Å². The third-order valence-corrected chi connectivity index (χ3v) is 4.80. The second kappa shape index (κ2) is 8.45. The minimum absolute atomic E-state index is 0.533. The molecule has 5 nitrogen and oxygen atoms in total. The van der Waals surface area contributed by atoms with Crippen LogP contribution in [-0.4, -0.2) is 28.2 Å². The molecule has 0 radical (unpaired) electrons. The van der Waals surface area contributed by atoms with Crippen molar-refractivity contribution in [3.8, 4) is 0 Å². The number of rotatable bonds is 4. The summed E-state index contributed by atoms with van der Waals surface area (Å²) in [6.45, 7) is 9.35. The highest BCUT2D eigenvalue weighted by Gasteiger charge is 2.23. The molecule has 0 amide bonds. The average Bonchev–Trinajstić information content (AvgIpc) is 2.59. The van der Waals surface area contributed by atoms with Crippen LogP contribution in [0, 0.1) is 18.8 Å². The number of nitrogens with one attached hydrogen (secondary N) is 2. The molecule has 1 aliphatic heterocycles. The molecule has 1 fully saturated rings. The molecule has 138 valence electrons. The molecule has 26 heavy (non-hydrogen) atoms. The molecule has 2 aromatic rings. The summed E-state index contributed by atoms with van der Waals surface area (Å²) in [7, 11) is 0. The molecular weight excluding hydrogens is 342 g/mol. The quantitative estimate of drug-likeness (QED) is 0.801. The summed E-state index contributed by atoms with van der Waals surface area (Å²) in [6.07, 6.45) is 1.28. The number of hydrogen-bond donors (Lipinski definition) is 2. The number of thiocarbonyl (C=S) groups is 1. The number of piperidine rings is 1. The topological polar surface area (TPSA) is 53.1 Å². The van der Waals surface area contributed by atoms with Gasteiger partial charge >= 0.3 is 0 Å². The van der Waals surface area contributed by atoms with Crippen molar-refractivity contribution in [1.82, 2.24) is 15.3 Å². The van der Waals surface area contributed by atoms with Gasteiger partial charge in [-0.1, -0.05) is 44.2 Å². The van der Waals surface area contributed by atoms with Gasteiger partial charge in [0.25, 0.3) is 0 Å². The highest BCUT2D eigenvalue weighted by atomic mass is 32.1. The van der Waals surface area contributed by atoms with Crippen molar-refractivity contribution in [2.75, 3.05) is 23.3 Å². The van der Waals surface area contributed by atoms with E-state index in [0.29, 0.717) is 29.4 Å². The molecule has 1 aromatic heterocycles. The van der Waals surface area contributed by atoms with Gasteiger partial charge in [-0.3, -0.25) is 0 Å². The summed E-state index contributed by atoms with van der Waals surface area (Å²) in [5.74, 6) is 2.89. The molecule has 0 unspecified atom stereocenters. The van der Waals surface area contributed by atoms with Crippen molar-refractivity contribution in [3.05, 3.63) is 47.7 Å². The molecule has 0 saturated carbocycles. The second-order valence-corrected chi connectivity index (χ2v) is 7.74. The minimum Gasteiger partial charge on any atom is -0.358 e. The number of anilines is 2. The van der Waals surface area contributed by atoms with Crippen molar-refractivity contribution in [2.24, 2.45) is 11.8 Å². The first-order valence-electron chi connectivity index (χ1n) is 9.19. The van der Waals surface area contributed by atoms with Crippen LogP contribution < -0.4 is 15.5 Å². The summed E-state index contributed by atoms with van der Waals surface area (Å²) in [5, 5.41) is 6.87. The zero-order valence-electron chi connectivity index (χ0n) is 15.7. The van der Waals surface area contributed by atoms with Crippen LogP contribution in [0.3, 0.4) is 0 Å². The van der Waals surface area contributed by atoms with Crippen LogP contribution in [0.2, 0.25) is 0 Å². The van der Waals surface area contributed by atoms with E-state index in [1.807, 2.05) is 25.1 Å². The molecular formula is C20H27N5S. The van der Waals surface area contributed by atoms with E-state index in [2.05, 4.69) is 52.6 Å². The molecule has 1 aliphatic rings. The predicted molar refractivity (Wildman–Crippen MR) is 111 cm³/mol. The standard InChI is InChI=1S/C20H27N5S/c1-14-9-15(2)13-25(12-14)18-10-16(3)22-19(23-18)24-20(26)21-11-17-7-5-4-6-8-17/h4-8,10,14-15H,9,11-13H2,1-3H3,(H2,21,22,23,24,26)/t14-,15-/m0/s1. The lowest BCUT2D eigenvalue weighted by Gasteiger charge is -2.36. The Morgan fingerprint density at radius 2 is 1.85 bits per heavy atom. The average molecular weight is 370 g/mol. The van der Waals surface area contributed by atoms with E-state index in [-0.39, 0.29) is 0 Å². The van der Waals surface area contributed by atoms with Crippen molar-refractivity contribution >= 4 is 29.1 Å². The Labute approximate surface area is 161 Å². The van der Waals surface area contributed by atoms with Crippen molar-refractivity contribution in [1.29, 1.82) is 0 Å². The molecule has 1 saturated heterocycles. The fourth-order valence-corrected chi connectivity index (χ4v) is 3.71. The summed E-state index contributed by atoms with van der Waals surface area (Å²) in [6, 6.07) is 12.2. The van der Waals surface area contributed by atoms with Gasteiger partial charge in [0, 0.05) is 31.4 Å². The van der Waals surface area contributed by atoms with Gasteiger partial charge in [-0.25, -0.2) is 4.98 Å². The highest BCUT2D eigenvalue weighted by molar-refractivity contribution is 7.80. The SMILES string of the molecule is Cc1cc(N2C[C@@H](C)C[C@H](C)C2)nc(NC(=S)NCc2ccccc2)n1. The van der Waals surface area contributed by atoms with Gasteiger partial charge in [-0.05, 0) is 43.0 Å². The normalized spacial score (nSPS) is 19.9. The molecule has 2 atom stereocenters. The molecule has 0 spiro atoms. The first-order chi connectivity index (χ1) is 12.5. The monoisotopic (exact) mass is 369 g/mol. The molecule has 0 aliphatic carbocycles. The first-order valence-corrected chi connectivity index (χ1v) is 9.60. The fraction of sp³-hybridized carbons (Fsp3) is 0.450. The second-order valence-electron chi connectivity index (χ2n) is 7.34. The van der Waals surface area contributed by atoms with E-state index in [1.54, 1.807) is 0 Å². The lowest BCUT2D eigenvalue weighted by molar-refractivity contribution is 0.355. The number of hydrogen-bond acceptors (Lipinski definition) is 4. The van der Waals surface area contributed by atoms with Gasteiger partial charge in [0.2, 0.25) is 5.95 Å². The lowest BCUT2D eigenvalue weighted by atomic mass is 9.92. The maximum atomic E-state index is 5.40. The number of benzene rings is 1. The largest absolute Gasteiger partial charge is 0.358 e. The summed E-state index contributed by atoms with van der Waals surface area (Å²) >= 11 is 5.40. The minimum atomic E-state index is 0.533. The number of nitrogens with zero attached hydrogens (tertiary/aromatic N) is 3. The van der Waals surface area contributed by atoms with Gasteiger partial charge in [0.1, 0.15) is 5.82 Å². The van der Waals surface area contributed by atoms with E-state index in [4.69, 9.17) is 17.2 Å². The van der Waals surface area contributed by atoms with Gasteiger partial charge in [-0.15, -0.1) is 0 Å². The Morgan fingerprint density at radius 1 is 1.15 bits per heavy atom. The maximum Gasteiger partial charge on any atom is 0.231 e. The Hall–Kier alpha value is -2.21. The molecule has 3 rings (SSSR count). The Kier molecular flexibility index (Phi) is 6.04. The third-order valence-electron chi connectivity index (χ3n) is 4.55. The summed E-state index contributed by atoms with van der Waals surface area (Å²) < 4.78 is 0. The van der Waals surface area contributed by atoms with Crippen LogP contribution in [0.4, 0.5) is 11.8 Å². The molecule has 2 N–H and O–H groups in total. The number of aryl methyl sites for hydroxylation is 1. The Morgan fingerprint density at radius 3 is 2.54 bits per heavy atom. The van der Waals surface area contributed by atoms with E-state index >= 15 is 0 Å². The fourth-order valence-electron chi connectivity index (χ4n) is 3.54. The van der Waals surface area contributed by atoms with Crippen LogP contribution in [0.1, 0.15) is 31.5 Å². The van der Waals surface area contributed by atoms with E-state index < -0.39 is 0 Å². The first kappa shape index (κ1) is 18.6. The maximum absolute atomic E-state index is 5.40. The van der Waals surface area contributed by atoms with E-state index in [9.17, 15) is 0 Å².